The van der Waals surface area contributed by atoms with Crippen LogP contribution in [0, 0.1) is 0 Å². The van der Waals surface area contributed by atoms with E-state index in [0.29, 0.717) is 10.9 Å². The van der Waals surface area contributed by atoms with Gasteiger partial charge in [-0.05, 0) is 18.6 Å². The number of aliphatic hydroxyl groups is 1. The zero-order valence-corrected chi connectivity index (χ0v) is 8.92. The van der Waals surface area contributed by atoms with Crippen molar-refractivity contribution in [3.8, 4) is 0 Å². The second kappa shape index (κ2) is 4.84. The van der Waals surface area contributed by atoms with Crippen molar-refractivity contribution in [2.75, 3.05) is 5.75 Å². The average Bonchev–Trinajstić information content (AvgIpc) is 2.67. The van der Waals surface area contributed by atoms with Crippen molar-refractivity contribution in [3.05, 3.63) is 17.5 Å². The Balaban J connectivity index is 1.89. The van der Waals surface area contributed by atoms with Gasteiger partial charge in [-0.1, -0.05) is 11.6 Å². The number of rotatable bonds is 3. The molecule has 2 heterocycles. The summed E-state index contributed by atoms with van der Waals surface area (Å²) in [5.41, 5.74) is 0.640. The third-order valence-electron chi connectivity index (χ3n) is 2.47. The Morgan fingerprint density at radius 3 is 3.14 bits per heavy atom. The summed E-state index contributed by atoms with van der Waals surface area (Å²) in [5, 5.41) is 13.3. The van der Waals surface area contributed by atoms with Crippen molar-refractivity contribution in [1.82, 2.24) is 5.16 Å². The van der Waals surface area contributed by atoms with Crippen molar-refractivity contribution in [1.29, 1.82) is 0 Å². The summed E-state index contributed by atoms with van der Waals surface area (Å²) < 4.78 is 5.13. The first-order valence-electron chi connectivity index (χ1n) is 5.05. The second-order valence-electron chi connectivity index (χ2n) is 3.64. The molecule has 0 saturated carbocycles. The van der Waals surface area contributed by atoms with E-state index in [1.54, 1.807) is 0 Å². The quantitative estimate of drug-likeness (QED) is 0.834. The zero-order chi connectivity index (χ0) is 9.80. The van der Waals surface area contributed by atoms with Crippen LogP contribution in [0.15, 0.2) is 10.6 Å². The number of hydrogen-bond donors (Lipinski definition) is 1. The van der Waals surface area contributed by atoms with Gasteiger partial charge < -0.3 is 9.63 Å². The number of thioether (sulfide) groups is 1. The minimum atomic E-state index is -0.0265. The van der Waals surface area contributed by atoms with Crippen LogP contribution in [-0.4, -0.2) is 21.3 Å². The van der Waals surface area contributed by atoms with Gasteiger partial charge in [-0.3, -0.25) is 0 Å². The molecule has 0 spiro atoms. The highest BCUT2D eigenvalue weighted by atomic mass is 32.2. The summed E-state index contributed by atoms with van der Waals surface area (Å²) in [4.78, 5) is 0. The van der Waals surface area contributed by atoms with Gasteiger partial charge in [-0.2, -0.15) is 11.8 Å². The van der Waals surface area contributed by atoms with E-state index in [1.165, 1.54) is 25.0 Å². The first-order valence-corrected chi connectivity index (χ1v) is 6.10. The third-order valence-corrected chi connectivity index (χ3v) is 3.87. The van der Waals surface area contributed by atoms with Gasteiger partial charge >= 0.3 is 0 Å². The minimum Gasteiger partial charge on any atom is -0.390 e. The lowest BCUT2D eigenvalue weighted by molar-refractivity contribution is 0.265. The molecule has 1 fully saturated rings. The van der Waals surface area contributed by atoms with Crippen LogP contribution in [0.5, 0.6) is 0 Å². The fourth-order valence-electron chi connectivity index (χ4n) is 1.72. The summed E-state index contributed by atoms with van der Waals surface area (Å²) in [6.45, 7) is -0.0265. The molecule has 0 aromatic carbocycles. The van der Waals surface area contributed by atoms with Crippen LogP contribution in [0.4, 0.5) is 0 Å². The fourth-order valence-corrected chi connectivity index (χ4v) is 3.04. The number of hydrogen-bond acceptors (Lipinski definition) is 4. The molecule has 4 heteroatoms. The predicted molar refractivity (Wildman–Crippen MR) is 56.2 cm³/mol. The molecule has 2 rings (SSSR count). The Labute approximate surface area is 87.9 Å². The summed E-state index contributed by atoms with van der Waals surface area (Å²) >= 11 is 2.02. The molecule has 0 aliphatic carbocycles. The molecule has 1 aromatic rings. The van der Waals surface area contributed by atoms with Gasteiger partial charge in [-0.15, -0.1) is 0 Å². The van der Waals surface area contributed by atoms with E-state index in [4.69, 9.17) is 9.63 Å². The molecular formula is C10H15NO2S. The van der Waals surface area contributed by atoms with Crippen molar-refractivity contribution < 1.29 is 9.63 Å². The third kappa shape index (κ3) is 2.51. The Morgan fingerprint density at radius 2 is 2.50 bits per heavy atom. The molecule has 1 aliphatic rings. The molecule has 1 N–H and O–H groups in total. The van der Waals surface area contributed by atoms with Crippen LogP contribution in [0.1, 0.15) is 30.7 Å². The van der Waals surface area contributed by atoms with E-state index in [0.717, 1.165) is 12.2 Å². The number of nitrogens with zero attached hydrogens (tertiary/aromatic N) is 1. The maximum atomic E-state index is 8.83. The van der Waals surface area contributed by atoms with Gasteiger partial charge in [-0.25, -0.2) is 0 Å². The maximum Gasteiger partial charge on any atom is 0.138 e. The average molecular weight is 213 g/mol. The summed E-state index contributed by atoms with van der Waals surface area (Å²) in [6.07, 6.45) is 4.91. The van der Waals surface area contributed by atoms with E-state index >= 15 is 0 Å². The molecule has 1 aliphatic heterocycles. The Bertz CT molecular complexity index is 281. The van der Waals surface area contributed by atoms with Gasteiger partial charge in [0.05, 0.1) is 6.61 Å². The van der Waals surface area contributed by atoms with Gasteiger partial charge in [0.2, 0.25) is 0 Å². The summed E-state index contributed by atoms with van der Waals surface area (Å²) in [5.74, 6) is 2.18. The van der Waals surface area contributed by atoms with Crippen LogP contribution in [-0.2, 0) is 13.0 Å². The van der Waals surface area contributed by atoms with Crippen molar-refractivity contribution >= 4 is 11.8 Å². The molecule has 0 radical (unpaired) electrons. The molecule has 1 atom stereocenters. The Morgan fingerprint density at radius 1 is 1.57 bits per heavy atom. The molecular weight excluding hydrogens is 198 g/mol. The minimum absolute atomic E-state index is 0.0265. The molecule has 1 saturated heterocycles. The van der Waals surface area contributed by atoms with Crippen LogP contribution in [0.2, 0.25) is 0 Å². The highest BCUT2D eigenvalue weighted by Crippen LogP contribution is 2.27. The van der Waals surface area contributed by atoms with Gasteiger partial charge in [0, 0.05) is 17.7 Å². The highest BCUT2D eigenvalue weighted by molar-refractivity contribution is 7.99. The lowest BCUT2D eigenvalue weighted by atomic mass is 10.1. The van der Waals surface area contributed by atoms with E-state index in [2.05, 4.69) is 5.16 Å². The molecule has 0 bridgehead atoms. The molecule has 3 nitrogen and oxygen atoms in total. The normalized spacial score (nSPS) is 22.5. The van der Waals surface area contributed by atoms with Gasteiger partial charge in [0.25, 0.3) is 0 Å². The monoisotopic (exact) mass is 213 g/mol. The number of aliphatic hydroxyl groups excluding tert-OH is 1. The molecule has 1 unspecified atom stereocenters. The molecule has 0 amide bonds. The predicted octanol–water partition coefficient (Wildman–Crippen LogP) is 2.00. The highest BCUT2D eigenvalue weighted by Gasteiger charge is 2.16. The van der Waals surface area contributed by atoms with E-state index < -0.39 is 0 Å². The van der Waals surface area contributed by atoms with Crippen LogP contribution < -0.4 is 0 Å². The molecule has 78 valence electrons. The Kier molecular flexibility index (Phi) is 3.48. The smallest absolute Gasteiger partial charge is 0.138 e. The van der Waals surface area contributed by atoms with Crippen molar-refractivity contribution in [2.45, 2.75) is 37.5 Å². The zero-order valence-electron chi connectivity index (χ0n) is 8.11. The van der Waals surface area contributed by atoms with Crippen LogP contribution in [0.25, 0.3) is 0 Å². The first kappa shape index (κ1) is 10.1. The summed E-state index contributed by atoms with van der Waals surface area (Å²) in [6, 6.07) is 1.86. The van der Waals surface area contributed by atoms with E-state index in [1.807, 2.05) is 17.8 Å². The SMILES string of the molecule is OCc1cc(CC2CCCCS2)on1. The fraction of sp³-hybridized carbons (Fsp3) is 0.700. The second-order valence-corrected chi connectivity index (χ2v) is 5.04. The molecule has 1 aromatic heterocycles. The Hall–Kier alpha value is -0.480. The largest absolute Gasteiger partial charge is 0.390 e. The number of aromatic nitrogens is 1. The lowest BCUT2D eigenvalue weighted by Crippen LogP contribution is -2.11. The van der Waals surface area contributed by atoms with Crippen LogP contribution >= 0.6 is 11.8 Å². The van der Waals surface area contributed by atoms with E-state index in [-0.39, 0.29) is 6.61 Å². The van der Waals surface area contributed by atoms with Crippen LogP contribution in [0.3, 0.4) is 0 Å². The van der Waals surface area contributed by atoms with Crippen molar-refractivity contribution in [3.63, 3.8) is 0 Å². The summed E-state index contributed by atoms with van der Waals surface area (Å²) in [7, 11) is 0. The van der Waals surface area contributed by atoms with Crippen molar-refractivity contribution in [2.24, 2.45) is 0 Å². The maximum absolute atomic E-state index is 8.83. The first-order chi connectivity index (χ1) is 6.88. The molecule has 14 heavy (non-hydrogen) atoms. The lowest BCUT2D eigenvalue weighted by Gasteiger charge is -2.19. The standard InChI is InChI=1S/C10H15NO2S/c12-7-8-5-9(13-11-8)6-10-3-1-2-4-14-10/h5,10,12H,1-4,6-7H2. The van der Waals surface area contributed by atoms with E-state index in [9.17, 15) is 0 Å². The topological polar surface area (TPSA) is 46.3 Å². The van der Waals surface area contributed by atoms with Gasteiger partial charge in [0.15, 0.2) is 0 Å². The van der Waals surface area contributed by atoms with Gasteiger partial charge in [0.1, 0.15) is 11.5 Å².